The summed E-state index contributed by atoms with van der Waals surface area (Å²) in [4.78, 5) is 29.5. The van der Waals surface area contributed by atoms with Gasteiger partial charge in [-0.05, 0) is 198 Å². The number of hydrogen-bond donors (Lipinski definition) is 5. The largest absolute Gasteiger partial charge is 0.454 e. The average molecular weight is 1030 g/mol. The van der Waals surface area contributed by atoms with Crippen LogP contribution in [0.4, 0.5) is 0 Å². The molecule has 19 unspecified atom stereocenters. The van der Waals surface area contributed by atoms with E-state index in [1.54, 1.807) is 6.08 Å². The minimum atomic E-state index is -1.71. The Labute approximate surface area is 452 Å². The molecule has 10 fully saturated rings. The number of aldehydes is 1. The minimum Gasteiger partial charge on any atom is -0.454 e. The van der Waals surface area contributed by atoms with Gasteiger partial charge in [-0.15, -0.1) is 0 Å². The Hall–Kier alpha value is -3.36. The molecule has 0 radical (unpaired) electrons. The summed E-state index contributed by atoms with van der Waals surface area (Å²) in [5, 5.41) is 59.5. The van der Waals surface area contributed by atoms with E-state index in [1.807, 2.05) is 19.2 Å². The maximum atomic E-state index is 15.5. The molecule has 2 aromatic carbocycles. The van der Waals surface area contributed by atoms with Crippen molar-refractivity contribution in [2.75, 3.05) is 13.7 Å². The third-order valence-corrected chi connectivity index (χ3v) is 26.0. The molecule has 2 aromatic rings. The molecule has 0 aromatic heterocycles. The second-order valence-corrected chi connectivity index (χ2v) is 28.5. The van der Waals surface area contributed by atoms with Crippen molar-refractivity contribution in [2.45, 2.75) is 203 Å². The van der Waals surface area contributed by atoms with Crippen LogP contribution < -0.4 is 5.32 Å². The van der Waals surface area contributed by atoms with Crippen LogP contribution in [0, 0.1) is 98.6 Å². The lowest BCUT2D eigenvalue weighted by molar-refractivity contribution is -0.364. The molecule has 15 rings (SSSR count). The third kappa shape index (κ3) is 6.97. The normalized spacial score (nSPS) is 46.9. The Morgan fingerprint density at radius 3 is 2.45 bits per heavy atom. The van der Waals surface area contributed by atoms with Crippen LogP contribution in [0.15, 0.2) is 60.2 Å². The first-order valence-corrected chi connectivity index (χ1v) is 30.9. The fraction of sp³-hybridized carbons (Fsp3) is 0.731. The van der Waals surface area contributed by atoms with Crippen molar-refractivity contribution in [3.05, 3.63) is 82.4 Å². The number of carbonyl (C=O) groups is 2. The zero-order valence-electron chi connectivity index (χ0n) is 45.7. The molecule has 5 N–H and O–H groups in total. The number of esters is 1. The van der Waals surface area contributed by atoms with Crippen LogP contribution in [-0.4, -0.2) is 81.4 Å². The van der Waals surface area contributed by atoms with Gasteiger partial charge in [0.25, 0.3) is 0 Å². The SMILES string of the molecule is CNC1Cc2c(cccc2CO)C#CC2(CCCC2)CC23CCC4C(O)(CC5CC(C(C)C6CCCC6)CCC6C7OCCC8CC(CCc9ccccc9)CC87CC4(C=O)C56O)C2(O)CC2CC1C1OC(=O)C=C1C23. The summed E-state index contributed by atoms with van der Waals surface area (Å²) in [5.41, 5.74) is -2.58. The number of aryl methyl sites for hydroxylation is 1. The van der Waals surface area contributed by atoms with Crippen LogP contribution in [0.2, 0.25) is 0 Å². The van der Waals surface area contributed by atoms with Crippen LogP contribution in [0.25, 0.3) is 0 Å². The highest BCUT2D eigenvalue weighted by Gasteiger charge is 2.85. The van der Waals surface area contributed by atoms with Gasteiger partial charge >= 0.3 is 5.97 Å². The molecule has 9 saturated carbocycles. The van der Waals surface area contributed by atoms with Crippen LogP contribution in [-0.2, 0) is 38.5 Å². The quantitative estimate of drug-likeness (QED) is 0.0992. The van der Waals surface area contributed by atoms with E-state index in [4.69, 9.17) is 9.47 Å². The third-order valence-electron chi connectivity index (χ3n) is 26.0. The number of likely N-dealkylation sites (N-methyl/N-ethyl adjacent to an activating group) is 1. The number of aliphatic hydroxyl groups excluding tert-OH is 1. The van der Waals surface area contributed by atoms with Gasteiger partial charge in [0.15, 0.2) is 0 Å². The smallest absolute Gasteiger partial charge is 0.331 e. The first-order valence-electron chi connectivity index (χ1n) is 30.9. The number of nitrogens with one attached hydrogen (secondary N) is 1. The standard InChI is InChI=1S/C67H87NO8/c1-41(44-13-6-7-14-44)46-19-20-54-60-62(34-43(29-49(62)23-28-75-60)18-17-42-11-4-3-5-12-42)39-64(40-70)56-22-27-63-38-61(24-8-9-25-61)26-21-45-15-10-16-47(37-69)51(45)32-55(68-2)52-31-48(58(63)53-33-57(71)76-59(52)53)35-66(63,73)65(56,72)36-50(30-46)67(54,64)74/h3-5,10-12,15-16,33,40-41,43-44,46,48-50,52,54-56,58-60,68-69,72-74H,6-9,13-14,17-20,22-25,27-32,34-39H2,1-2H3. The number of ether oxygens (including phenoxy) is 2. The maximum absolute atomic E-state index is 15.5. The lowest BCUT2D eigenvalue weighted by Crippen LogP contribution is -2.83. The molecule has 408 valence electrons. The monoisotopic (exact) mass is 1030 g/mol. The number of rotatable bonds is 8. The molecule has 13 aliphatic rings. The highest BCUT2D eigenvalue weighted by Crippen LogP contribution is 2.81. The summed E-state index contributed by atoms with van der Waals surface area (Å²) in [7, 11) is 1.99. The molecule has 19 atom stereocenters. The first-order chi connectivity index (χ1) is 36.8. The Balaban J connectivity index is 0.944. The minimum absolute atomic E-state index is 0.0685. The second-order valence-electron chi connectivity index (χ2n) is 28.5. The predicted octanol–water partition coefficient (Wildman–Crippen LogP) is 10.0. The van der Waals surface area contributed by atoms with Gasteiger partial charge in [-0.1, -0.05) is 99.8 Å². The molecule has 2 heterocycles. The summed E-state index contributed by atoms with van der Waals surface area (Å²) in [6.45, 7) is 3.07. The lowest BCUT2D eigenvalue weighted by Gasteiger charge is -2.75. The van der Waals surface area contributed by atoms with Crippen LogP contribution >= 0.6 is 0 Å². The Morgan fingerprint density at radius 2 is 1.67 bits per heavy atom. The zero-order chi connectivity index (χ0) is 52.0. The summed E-state index contributed by atoms with van der Waals surface area (Å²) >= 11 is 0. The summed E-state index contributed by atoms with van der Waals surface area (Å²) < 4.78 is 13.8. The van der Waals surface area contributed by atoms with Gasteiger partial charge in [-0.25, -0.2) is 4.79 Å². The van der Waals surface area contributed by atoms with Gasteiger partial charge in [-0.2, -0.15) is 0 Å². The second kappa shape index (κ2) is 18.3. The van der Waals surface area contributed by atoms with Gasteiger partial charge in [0, 0.05) is 58.3 Å². The molecular formula is C67H87NO8. The van der Waals surface area contributed by atoms with Crippen molar-refractivity contribution in [3.8, 4) is 11.8 Å². The molecule has 76 heavy (non-hydrogen) atoms. The average Bonchev–Trinajstić information content (AvgIpc) is 4.09. The van der Waals surface area contributed by atoms with Gasteiger partial charge in [-0.3, -0.25) is 0 Å². The van der Waals surface area contributed by atoms with Crippen molar-refractivity contribution in [1.29, 1.82) is 0 Å². The first kappa shape index (κ1) is 50.8. The van der Waals surface area contributed by atoms with Gasteiger partial charge in [0.2, 0.25) is 0 Å². The molecule has 1 saturated heterocycles. The van der Waals surface area contributed by atoms with E-state index >= 15 is 15.0 Å². The van der Waals surface area contributed by atoms with Gasteiger partial charge in [0.1, 0.15) is 18.0 Å². The molecule has 0 amide bonds. The van der Waals surface area contributed by atoms with Crippen molar-refractivity contribution in [1.82, 2.24) is 5.32 Å². The number of fused-ring (bicyclic) bond motifs is 5. The number of aliphatic hydroxyl groups is 4. The maximum Gasteiger partial charge on any atom is 0.331 e. The predicted molar refractivity (Wildman–Crippen MR) is 290 cm³/mol. The molecule has 9 nitrogen and oxygen atoms in total. The van der Waals surface area contributed by atoms with E-state index in [1.165, 1.54) is 37.5 Å². The molecule has 2 aliphatic heterocycles. The Kier molecular flexibility index (Phi) is 12.3. The van der Waals surface area contributed by atoms with Gasteiger partial charge in [0.05, 0.1) is 29.3 Å². The number of hydrogen-bond acceptors (Lipinski definition) is 9. The topological polar surface area (TPSA) is 146 Å². The number of carbonyl (C=O) groups excluding carboxylic acids is 2. The van der Waals surface area contributed by atoms with E-state index < -0.39 is 51.0 Å². The number of benzene rings is 2. The summed E-state index contributed by atoms with van der Waals surface area (Å²) in [5.74, 6) is 7.91. The van der Waals surface area contributed by atoms with E-state index in [2.05, 4.69) is 60.5 Å². The molecule has 4 bridgehead atoms. The zero-order valence-corrected chi connectivity index (χ0v) is 45.7. The van der Waals surface area contributed by atoms with E-state index in [-0.39, 0.29) is 60.2 Å². The van der Waals surface area contributed by atoms with Gasteiger partial charge < -0.3 is 40.0 Å². The van der Waals surface area contributed by atoms with Crippen molar-refractivity contribution in [3.63, 3.8) is 0 Å². The highest BCUT2D eigenvalue weighted by molar-refractivity contribution is 5.86. The molecule has 11 aliphatic carbocycles. The Morgan fingerprint density at radius 1 is 0.855 bits per heavy atom. The van der Waals surface area contributed by atoms with E-state index in [0.717, 1.165) is 99.3 Å². The summed E-state index contributed by atoms with van der Waals surface area (Å²) in [6.07, 6.45) is 22.9. The molecule has 9 heteroatoms. The van der Waals surface area contributed by atoms with Crippen LogP contribution in [0.5, 0.6) is 0 Å². The lowest BCUT2D eigenvalue weighted by atomic mass is 9.32. The van der Waals surface area contributed by atoms with E-state index in [9.17, 15) is 15.0 Å². The highest BCUT2D eigenvalue weighted by atomic mass is 16.5. The fourth-order valence-electron chi connectivity index (χ4n) is 23.1. The van der Waals surface area contributed by atoms with Crippen LogP contribution in [0.1, 0.15) is 170 Å². The fourth-order valence-corrected chi connectivity index (χ4v) is 23.1. The van der Waals surface area contributed by atoms with Crippen molar-refractivity contribution < 1.29 is 39.5 Å². The van der Waals surface area contributed by atoms with Crippen LogP contribution in [0.3, 0.4) is 0 Å². The molecular weight excluding hydrogens is 947 g/mol. The van der Waals surface area contributed by atoms with Crippen molar-refractivity contribution in [2.24, 2.45) is 86.8 Å². The Bertz CT molecular complexity index is 2700. The molecule has 3 spiro atoms. The summed E-state index contributed by atoms with van der Waals surface area (Å²) in [6, 6.07) is 16.8. The van der Waals surface area contributed by atoms with E-state index in [0.29, 0.717) is 81.1 Å². The van der Waals surface area contributed by atoms with Crippen molar-refractivity contribution >= 4 is 12.3 Å².